The summed E-state index contributed by atoms with van der Waals surface area (Å²) in [6.07, 6.45) is 0.476. The SMILES string of the molecule is COCCN(CC(=O)Cc1ccccc1)C(C)COC. The first-order chi connectivity index (χ1) is 9.67. The van der Waals surface area contributed by atoms with Gasteiger partial charge in [-0.1, -0.05) is 30.3 Å². The third kappa shape index (κ3) is 6.28. The van der Waals surface area contributed by atoms with Crippen molar-refractivity contribution in [3.05, 3.63) is 35.9 Å². The van der Waals surface area contributed by atoms with E-state index in [1.54, 1.807) is 14.2 Å². The van der Waals surface area contributed by atoms with Crippen LogP contribution in [0.15, 0.2) is 30.3 Å². The summed E-state index contributed by atoms with van der Waals surface area (Å²) in [5, 5.41) is 0. The number of hydrogen-bond donors (Lipinski definition) is 0. The van der Waals surface area contributed by atoms with Crippen LogP contribution < -0.4 is 0 Å². The van der Waals surface area contributed by atoms with Crippen molar-refractivity contribution in [2.45, 2.75) is 19.4 Å². The molecule has 1 aromatic rings. The minimum atomic E-state index is 0.204. The van der Waals surface area contributed by atoms with E-state index < -0.39 is 0 Å². The van der Waals surface area contributed by atoms with Crippen molar-refractivity contribution in [3.8, 4) is 0 Å². The first-order valence-electron chi connectivity index (χ1n) is 6.95. The molecular formula is C16H25NO3. The number of Topliss-reactive ketones (excluding diaryl/α,β-unsaturated/α-hetero) is 1. The average Bonchev–Trinajstić information content (AvgIpc) is 2.44. The fourth-order valence-corrected chi connectivity index (χ4v) is 2.12. The predicted octanol–water partition coefficient (Wildman–Crippen LogP) is 1.78. The monoisotopic (exact) mass is 279 g/mol. The van der Waals surface area contributed by atoms with Crippen LogP contribution in [-0.2, 0) is 20.7 Å². The largest absolute Gasteiger partial charge is 0.383 e. The van der Waals surface area contributed by atoms with Crippen molar-refractivity contribution < 1.29 is 14.3 Å². The second-order valence-corrected chi connectivity index (χ2v) is 4.97. The molecule has 0 fully saturated rings. The van der Waals surface area contributed by atoms with Gasteiger partial charge in [0, 0.05) is 33.2 Å². The highest BCUT2D eigenvalue weighted by molar-refractivity contribution is 5.82. The number of ketones is 1. The van der Waals surface area contributed by atoms with Gasteiger partial charge in [-0.2, -0.15) is 0 Å². The lowest BCUT2D eigenvalue weighted by atomic mass is 10.1. The topological polar surface area (TPSA) is 38.8 Å². The molecule has 0 aliphatic rings. The fraction of sp³-hybridized carbons (Fsp3) is 0.562. The lowest BCUT2D eigenvalue weighted by molar-refractivity contribution is -0.120. The van der Waals surface area contributed by atoms with Crippen LogP contribution in [0.3, 0.4) is 0 Å². The van der Waals surface area contributed by atoms with Gasteiger partial charge in [-0.3, -0.25) is 9.69 Å². The summed E-state index contributed by atoms with van der Waals surface area (Å²) in [6.45, 7) is 4.47. The molecule has 1 atom stereocenters. The van der Waals surface area contributed by atoms with Crippen molar-refractivity contribution in [1.29, 1.82) is 0 Å². The molecule has 0 amide bonds. The molecule has 112 valence electrons. The van der Waals surface area contributed by atoms with Gasteiger partial charge in [-0.25, -0.2) is 0 Å². The molecule has 20 heavy (non-hydrogen) atoms. The summed E-state index contributed by atoms with van der Waals surface area (Å²) in [6, 6.07) is 10.0. The fourth-order valence-electron chi connectivity index (χ4n) is 2.12. The molecule has 1 aromatic carbocycles. The van der Waals surface area contributed by atoms with Gasteiger partial charge < -0.3 is 9.47 Å². The summed E-state index contributed by atoms with van der Waals surface area (Å²) in [5.74, 6) is 0.218. The molecule has 1 rings (SSSR count). The van der Waals surface area contributed by atoms with Gasteiger partial charge in [0.1, 0.15) is 0 Å². The van der Waals surface area contributed by atoms with Gasteiger partial charge in [0.25, 0.3) is 0 Å². The summed E-state index contributed by atoms with van der Waals surface area (Å²) in [5.41, 5.74) is 1.06. The number of nitrogens with zero attached hydrogens (tertiary/aromatic N) is 1. The third-order valence-electron chi connectivity index (χ3n) is 3.24. The predicted molar refractivity (Wildman–Crippen MR) is 79.9 cm³/mol. The van der Waals surface area contributed by atoms with E-state index in [1.165, 1.54) is 0 Å². The standard InChI is InChI=1S/C16H25NO3/c1-14(13-20-3)17(9-10-19-2)12-16(18)11-15-7-5-4-6-8-15/h4-8,14H,9-13H2,1-3H3. The Morgan fingerprint density at radius 3 is 2.50 bits per heavy atom. The molecule has 0 bridgehead atoms. The summed E-state index contributed by atoms with van der Waals surface area (Å²) in [7, 11) is 3.35. The number of ether oxygens (including phenoxy) is 2. The van der Waals surface area contributed by atoms with Crippen LogP contribution in [0.1, 0.15) is 12.5 Å². The summed E-state index contributed by atoms with van der Waals surface area (Å²) >= 11 is 0. The van der Waals surface area contributed by atoms with Crippen molar-refractivity contribution in [2.24, 2.45) is 0 Å². The third-order valence-corrected chi connectivity index (χ3v) is 3.24. The van der Waals surface area contributed by atoms with E-state index in [4.69, 9.17) is 9.47 Å². The van der Waals surface area contributed by atoms with E-state index in [1.807, 2.05) is 30.3 Å². The number of methoxy groups -OCH3 is 2. The molecule has 0 heterocycles. The lowest BCUT2D eigenvalue weighted by Crippen LogP contribution is -2.42. The molecule has 0 radical (unpaired) electrons. The number of hydrogen-bond acceptors (Lipinski definition) is 4. The molecule has 0 spiro atoms. The second-order valence-electron chi connectivity index (χ2n) is 4.97. The lowest BCUT2D eigenvalue weighted by Gasteiger charge is -2.27. The van der Waals surface area contributed by atoms with Crippen molar-refractivity contribution in [1.82, 2.24) is 4.90 Å². The number of rotatable bonds is 10. The highest BCUT2D eigenvalue weighted by Crippen LogP contribution is 2.04. The van der Waals surface area contributed by atoms with E-state index in [9.17, 15) is 4.79 Å². The first-order valence-corrected chi connectivity index (χ1v) is 6.95. The number of carbonyl (C=O) groups excluding carboxylic acids is 1. The Morgan fingerprint density at radius 1 is 1.20 bits per heavy atom. The number of benzene rings is 1. The van der Waals surface area contributed by atoms with Crippen LogP contribution in [0.5, 0.6) is 0 Å². The average molecular weight is 279 g/mol. The minimum Gasteiger partial charge on any atom is -0.383 e. The minimum absolute atomic E-state index is 0.204. The maximum absolute atomic E-state index is 12.2. The van der Waals surface area contributed by atoms with E-state index in [-0.39, 0.29) is 11.8 Å². The Balaban J connectivity index is 2.52. The molecule has 0 aliphatic carbocycles. The van der Waals surface area contributed by atoms with E-state index in [0.717, 1.165) is 12.1 Å². The van der Waals surface area contributed by atoms with Crippen LogP contribution in [0.2, 0.25) is 0 Å². The summed E-state index contributed by atoms with van der Waals surface area (Å²) < 4.78 is 10.3. The molecule has 0 N–H and O–H groups in total. The Kier molecular flexibility index (Phi) is 8.11. The van der Waals surface area contributed by atoms with Crippen LogP contribution in [0.25, 0.3) is 0 Å². The van der Waals surface area contributed by atoms with E-state index in [2.05, 4.69) is 11.8 Å². The van der Waals surface area contributed by atoms with Gasteiger partial charge in [0.2, 0.25) is 0 Å². The van der Waals surface area contributed by atoms with Crippen LogP contribution >= 0.6 is 0 Å². The highest BCUT2D eigenvalue weighted by Gasteiger charge is 2.17. The van der Waals surface area contributed by atoms with Gasteiger partial charge in [0.15, 0.2) is 5.78 Å². The molecular weight excluding hydrogens is 254 g/mol. The van der Waals surface area contributed by atoms with E-state index in [0.29, 0.717) is 26.2 Å². The molecule has 4 heteroatoms. The Hall–Kier alpha value is -1.23. The molecule has 0 saturated carbocycles. The number of carbonyl (C=O) groups is 1. The smallest absolute Gasteiger partial charge is 0.151 e. The zero-order valence-electron chi connectivity index (χ0n) is 12.7. The van der Waals surface area contributed by atoms with Crippen molar-refractivity contribution >= 4 is 5.78 Å². The molecule has 1 unspecified atom stereocenters. The Bertz CT molecular complexity index is 381. The molecule has 0 aromatic heterocycles. The zero-order chi connectivity index (χ0) is 14.8. The van der Waals surface area contributed by atoms with Crippen molar-refractivity contribution in [3.63, 3.8) is 0 Å². The molecule has 0 saturated heterocycles. The molecule has 0 aliphatic heterocycles. The van der Waals surface area contributed by atoms with E-state index >= 15 is 0 Å². The second kappa shape index (κ2) is 9.64. The zero-order valence-corrected chi connectivity index (χ0v) is 12.7. The maximum Gasteiger partial charge on any atom is 0.151 e. The van der Waals surface area contributed by atoms with Crippen LogP contribution in [0.4, 0.5) is 0 Å². The van der Waals surface area contributed by atoms with Crippen LogP contribution in [-0.4, -0.2) is 57.2 Å². The molecule has 4 nitrogen and oxygen atoms in total. The highest BCUT2D eigenvalue weighted by atomic mass is 16.5. The van der Waals surface area contributed by atoms with Crippen molar-refractivity contribution in [2.75, 3.05) is 40.5 Å². The van der Waals surface area contributed by atoms with Gasteiger partial charge in [-0.15, -0.1) is 0 Å². The first kappa shape index (κ1) is 16.8. The summed E-state index contributed by atoms with van der Waals surface area (Å²) in [4.78, 5) is 14.3. The maximum atomic E-state index is 12.2. The van der Waals surface area contributed by atoms with Gasteiger partial charge in [0.05, 0.1) is 19.8 Å². The normalized spacial score (nSPS) is 12.6. The van der Waals surface area contributed by atoms with Crippen LogP contribution in [0, 0.1) is 0 Å². The Morgan fingerprint density at radius 2 is 1.90 bits per heavy atom. The Labute approximate surface area is 121 Å². The van der Waals surface area contributed by atoms with Gasteiger partial charge >= 0.3 is 0 Å². The quantitative estimate of drug-likeness (QED) is 0.654. The van der Waals surface area contributed by atoms with Gasteiger partial charge in [-0.05, 0) is 12.5 Å².